The lowest BCUT2D eigenvalue weighted by atomic mass is 10.1. The van der Waals surface area contributed by atoms with Gasteiger partial charge in [0.2, 0.25) is 5.91 Å². The van der Waals surface area contributed by atoms with Gasteiger partial charge in [-0.25, -0.2) is 0 Å². The lowest BCUT2D eigenvalue weighted by Crippen LogP contribution is -2.46. The SMILES string of the molecule is CN(CCCNC(=O)C1CCCN1C(=O)c1cc(Cl)ccc1Cl)CC(F)(F)F. The first-order valence-corrected chi connectivity index (χ1v) is 9.63. The molecule has 1 aromatic carbocycles. The molecule has 1 saturated heterocycles. The molecule has 0 radical (unpaired) electrons. The van der Waals surface area contributed by atoms with E-state index >= 15 is 0 Å². The van der Waals surface area contributed by atoms with Gasteiger partial charge in [0, 0.05) is 18.1 Å². The average molecular weight is 440 g/mol. The molecule has 2 rings (SSSR count). The molecule has 5 nitrogen and oxygen atoms in total. The van der Waals surface area contributed by atoms with Crippen LogP contribution >= 0.6 is 23.2 Å². The lowest BCUT2D eigenvalue weighted by Gasteiger charge is -2.25. The van der Waals surface area contributed by atoms with Crippen molar-refractivity contribution in [2.75, 3.05) is 33.2 Å². The molecule has 1 N–H and O–H groups in total. The normalized spacial score (nSPS) is 17.2. The summed E-state index contributed by atoms with van der Waals surface area (Å²) in [5.74, 6) is -0.683. The standard InChI is InChI=1S/C18H22Cl2F3N3O2/c1-25(11-18(21,22)23)8-3-7-24-16(27)15-4-2-9-26(15)17(28)13-10-12(19)5-6-14(13)20/h5-6,10,15H,2-4,7-9,11H2,1H3,(H,24,27). The number of likely N-dealkylation sites (tertiary alicyclic amines) is 1. The Balaban J connectivity index is 1.87. The molecule has 0 saturated carbocycles. The number of nitrogens with zero attached hydrogens (tertiary/aromatic N) is 2. The van der Waals surface area contributed by atoms with E-state index in [-0.39, 0.29) is 35.5 Å². The van der Waals surface area contributed by atoms with Crippen LogP contribution in [0.25, 0.3) is 0 Å². The molecule has 28 heavy (non-hydrogen) atoms. The summed E-state index contributed by atoms with van der Waals surface area (Å²) in [5.41, 5.74) is 0.239. The third kappa shape index (κ3) is 6.53. The molecule has 0 spiro atoms. The van der Waals surface area contributed by atoms with Crippen LogP contribution in [-0.4, -0.2) is 67.1 Å². The number of rotatable bonds is 7. The van der Waals surface area contributed by atoms with Crippen LogP contribution in [0.3, 0.4) is 0 Å². The molecule has 1 aliphatic heterocycles. The van der Waals surface area contributed by atoms with Crippen molar-refractivity contribution < 1.29 is 22.8 Å². The quantitative estimate of drug-likeness (QED) is 0.660. The number of amides is 2. The highest BCUT2D eigenvalue weighted by atomic mass is 35.5. The number of benzene rings is 1. The number of halogens is 5. The molecule has 10 heteroatoms. The van der Waals surface area contributed by atoms with Gasteiger partial charge >= 0.3 is 6.18 Å². The maximum absolute atomic E-state index is 12.8. The number of nitrogens with one attached hydrogen (secondary N) is 1. The zero-order chi connectivity index (χ0) is 20.9. The number of carbonyl (C=O) groups is 2. The summed E-state index contributed by atoms with van der Waals surface area (Å²) in [6, 6.07) is 3.94. The minimum atomic E-state index is -4.25. The molecule has 1 unspecified atom stereocenters. The van der Waals surface area contributed by atoms with Crippen molar-refractivity contribution in [2.24, 2.45) is 0 Å². The molecule has 1 heterocycles. The minimum absolute atomic E-state index is 0.200. The van der Waals surface area contributed by atoms with Crippen molar-refractivity contribution in [1.29, 1.82) is 0 Å². The van der Waals surface area contributed by atoms with Gasteiger partial charge in [0.15, 0.2) is 0 Å². The highest BCUT2D eigenvalue weighted by Gasteiger charge is 2.35. The maximum Gasteiger partial charge on any atom is 0.401 e. The molecule has 0 bridgehead atoms. The Hall–Kier alpha value is -1.51. The Morgan fingerprint density at radius 1 is 1.32 bits per heavy atom. The van der Waals surface area contributed by atoms with E-state index in [1.165, 1.54) is 24.1 Å². The van der Waals surface area contributed by atoms with Gasteiger partial charge in [-0.3, -0.25) is 14.5 Å². The highest BCUT2D eigenvalue weighted by molar-refractivity contribution is 6.35. The summed E-state index contributed by atoms with van der Waals surface area (Å²) < 4.78 is 36.9. The third-order valence-corrected chi connectivity index (χ3v) is 5.00. The Morgan fingerprint density at radius 2 is 2.04 bits per heavy atom. The van der Waals surface area contributed by atoms with Gasteiger partial charge in [-0.15, -0.1) is 0 Å². The van der Waals surface area contributed by atoms with Gasteiger partial charge in [-0.05, 0) is 51.1 Å². The van der Waals surface area contributed by atoms with E-state index in [1.807, 2.05) is 0 Å². The second-order valence-corrected chi connectivity index (χ2v) is 7.62. The van der Waals surface area contributed by atoms with Crippen molar-refractivity contribution in [3.63, 3.8) is 0 Å². The topological polar surface area (TPSA) is 52.7 Å². The first kappa shape index (κ1) is 22.8. The van der Waals surface area contributed by atoms with Crippen LogP contribution in [0.1, 0.15) is 29.6 Å². The summed E-state index contributed by atoms with van der Waals surface area (Å²) >= 11 is 12.0. The number of carbonyl (C=O) groups excluding carboxylic acids is 2. The Kier molecular flexibility index (Phi) is 7.97. The van der Waals surface area contributed by atoms with Crippen LogP contribution in [0.15, 0.2) is 18.2 Å². The number of alkyl halides is 3. The fourth-order valence-corrected chi connectivity index (χ4v) is 3.53. The fraction of sp³-hybridized carbons (Fsp3) is 0.556. The van der Waals surface area contributed by atoms with Crippen LogP contribution in [0.4, 0.5) is 13.2 Å². The van der Waals surface area contributed by atoms with E-state index in [9.17, 15) is 22.8 Å². The zero-order valence-electron chi connectivity index (χ0n) is 15.4. The first-order chi connectivity index (χ1) is 13.1. The van der Waals surface area contributed by atoms with Gasteiger partial charge in [0.1, 0.15) is 6.04 Å². The van der Waals surface area contributed by atoms with Crippen LogP contribution in [0.2, 0.25) is 10.0 Å². The highest BCUT2D eigenvalue weighted by Crippen LogP contribution is 2.26. The van der Waals surface area contributed by atoms with Crippen molar-refractivity contribution in [3.05, 3.63) is 33.8 Å². The molecule has 1 aromatic rings. The van der Waals surface area contributed by atoms with E-state index in [0.29, 0.717) is 30.8 Å². The summed E-state index contributed by atoms with van der Waals surface area (Å²) in [7, 11) is 1.38. The minimum Gasteiger partial charge on any atom is -0.354 e. The van der Waals surface area contributed by atoms with E-state index < -0.39 is 18.8 Å². The van der Waals surface area contributed by atoms with E-state index in [4.69, 9.17) is 23.2 Å². The van der Waals surface area contributed by atoms with E-state index in [1.54, 1.807) is 6.07 Å². The molecular formula is C18H22Cl2F3N3O2. The number of hydrogen-bond acceptors (Lipinski definition) is 3. The summed E-state index contributed by atoms with van der Waals surface area (Å²) in [5, 5.41) is 3.33. The van der Waals surface area contributed by atoms with Crippen LogP contribution in [-0.2, 0) is 4.79 Å². The molecular weight excluding hydrogens is 418 g/mol. The molecule has 1 fully saturated rings. The molecule has 0 aliphatic carbocycles. The summed E-state index contributed by atoms with van der Waals surface area (Å²) in [6.45, 7) is -0.136. The van der Waals surface area contributed by atoms with E-state index in [2.05, 4.69) is 5.32 Å². The second-order valence-electron chi connectivity index (χ2n) is 6.78. The van der Waals surface area contributed by atoms with E-state index in [0.717, 1.165) is 4.90 Å². The third-order valence-electron chi connectivity index (χ3n) is 4.44. The smallest absolute Gasteiger partial charge is 0.354 e. The van der Waals surface area contributed by atoms with Gasteiger partial charge in [-0.2, -0.15) is 13.2 Å². The Morgan fingerprint density at radius 3 is 2.71 bits per heavy atom. The van der Waals surface area contributed by atoms with Crippen molar-refractivity contribution >= 4 is 35.0 Å². The van der Waals surface area contributed by atoms with Crippen molar-refractivity contribution in [2.45, 2.75) is 31.5 Å². The van der Waals surface area contributed by atoms with Gasteiger partial charge in [0.25, 0.3) is 5.91 Å². The monoisotopic (exact) mass is 439 g/mol. The Bertz CT molecular complexity index is 716. The van der Waals surface area contributed by atoms with Crippen molar-refractivity contribution in [1.82, 2.24) is 15.1 Å². The largest absolute Gasteiger partial charge is 0.401 e. The van der Waals surface area contributed by atoms with Crippen LogP contribution < -0.4 is 5.32 Å². The summed E-state index contributed by atoms with van der Waals surface area (Å²) in [4.78, 5) is 27.8. The number of hydrogen-bond donors (Lipinski definition) is 1. The molecule has 0 aromatic heterocycles. The molecule has 2 amide bonds. The summed E-state index contributed by atoms with van der Waals surface area (Å²) in [6.07, 6.45) is -2.68. The average Bonchev–Trinajstić information content (AvgIpc) is 3.08. The first-order valence-electron chi connectivity index (χ1n) is 8.87. The Labute approximate surface area is 171 Å². The maximum atomic E-state index is 12.8. The second kappa shape index (κ2) is 9.80. The van der Waals surface area contributed by atoms with Gasteiger partial charge < -0.3 is 10.2 Å². The van der Waals surface area contributed by atoms with Gasteiger partial charge in [0.05, 0.1) is 17.1 Å². The lowest BCUT2D eigenvalue weighted by molar-refractivity contribution is -0.143. The van der Waals surface area contributed by atoms with Crippen LogP contribution in [0, 0.1) is 0 Å². The molecule has 1 atom stereocenters. The predicted molar refractivity (Wildman–Crippen MR) is 102 cm³/mol. The molecule has 1 aliphatic rings. The van der Waals surface area contributed by atoms with Gasteiger partial charge in [-0.1, -0.05) is 23.2 Å². The fourth-order valence-electron chi connectivity index (χ4n) is 3.16. The van der Waals surface area contributed by atoms with Crippen LogP contribution in [0.5, 0.6) is 0 Å². The molecule has 156 valence electrons. The predicted octanol–water partition coefficient (Wildman–Crippen LogP) is 3.60. The zero-order valence-corrected chi connectivity index (χ0v) is 16.9. The van der Waals surface area contributed by atoms with Crippen molar-refractivity contribution in [3.8, 4) is 0 Å².